The number of carbonyl (C=O) groups is 1. The number of nitro benzene ring substituents is 1. The second kappa shape index (κ2) is 7.54. The standard InChI is InChI=1S/C20H19N3O7/c1-27-15-9-12(16(23(25)26)18(29-3)17(15)28-2)19(24)21-11-6-7-14-13(8-11)22-20(30-14)10-4-5-10/h6-10H,4-5H2,1-3H3,(H,21,24). The van der Waals surface area contributed by atoms with E-state index < -0.39 is 16.5 Å². The second-order valence-corrected chi connectivity index (χ2v) is 6.76. The van der Waals surface area contributed by atoms with E-state index in [0.717, 1.165) is 12.8 Å². The molecular weight excluding hydrogens is 394 g/mol. The summed E-state index contributed by atoms with van der Waals surface area (Å²) in [6.45, 7) is 0. The molecule has 0 unspecified atom stereocenters. The minimum Gasteiger partial charge on any atom is -0.493 e. The van der Waals surface area contributed by atoms with Crippen molar-refractivity contribution >= 4 is 28.4 Å². The third-order valence-electron chi connectivity index (χ3n) is 4.82. The van der Waals surface area contributed by atoms with Gasteiger partial charge >= 0.3 is 5.69 Å². The number of aromatic nitrogens is 1. The predicted octanol–water partition coefficient (Wildman–Crippen LogP) is 3.89. The summed E-state index contributed by atoms with van der Waals surface area (Å²) in [6.07, 6.45) is 2.11. The van der Waals surface area contributed by atoms with Crippen LogP contribution in [-0.4, -0.2) is 37.1 Å². The number of carbonyl (C=O) groups excluding carboxylic acids is 1. The predicted molar refractivity (Wildman–Crippen MR) is 107 cm³/mol. The summed E-state index contributed by atoms with van der Waals surface area (Å²) in [7, 11) is 3.94. The fraction of sp³-hybridized carbons (Fsp3) is 0.300. The van der Waals surface area contributed by atoms with Gasteiger partial charge in [-0.05, 0) is 31.0 Å². The van der Waals surface area contributed by atoms with Gasteiger partial charge in [0.25, 0.3) is 5.91 Å². The van der Waals surface area contributed by atoms with Gasteiger partial charge in [0, 0.05) is 17.7 Å². The fourth-order valence-corrected chi connectivity index (χ4v) is 3.22. The van der Waals surface area contributed by atoms with Gasteiger partial charge in [-0.1, -0.05) is 0 Å². The van der Waals surface area contributed by atoms with E-state index in [1.165, 1.54) is 27.4 Å². The maximum atomic E-state index is 12.9. The Morgan fingerprint density at radius 3 is 2.50 bits per heavy atom. The van der Waals surface area contributed by atoms with Gasteiger partial charge in [-0.3, -0.25) is 14.9 Å². The molecule has 3 aromatic rings. The van der Waals surface area contributed by atoms with Crippen LogP contribution in [-0.2, 0) is 0 Å². The number of ether oxygens (including phenoxy) is 3. The molecule has 10 nitrogen and oxygen atoms in total. The lowest BCUT2D eigenvalue weighted by Gasteiger charge is -2.15. The lowest BCUT2D eigenvalue weighted by Crippen LogP contribution is -2.15. The van der Waals surface area contributed by atoms with E-state index in [2.05, 4.69) is 10.3 Å². The highest BCUT2D eigenvalue weighted by molar-refractivity contribution is 6.09. The maximum absolute atomic E-state index is 12.9. The number of rotatable bonds is 7. The van der Waals surface area contributed by atoms with Crippen LogP contribution in [0.1, 0.15) is 35.0 Å². The Morgan fingerprint density at radius 1 is 1.17 bits per heavy atom. The number of anilines is 1. The zero-order valence-electron chi connectivity index (χ0n) is 16.6. The fourth-order valence-electron chi connectivity index (χ4n) is 3.22. The number of fused-ring (bicyclic) bond motifs is 1. The number of benzene rings is 2. The van der Waals surface area contributed by atoms with Crippen LogP contribution >= 0.6 is 0 Å². The van der Waals surface area contributed by atoms with Crippen LogP contribution in [0.4, 0.5) is 11.4 Å². The summed E-state index contributed by atoms with van der Waals surface area (Å²) in [6, 6.07) is 6.25. The quantitative estimate of drug-likeness (QED) is 0.457. The highest BCUT2D eigenvalue weighted by atomic mass is 16.6. The van der Waals surface area contributed by atoms with Crippen molar-refractivity contribution in [3.63, 3.8) is 0 Å². The van der Waals surface area contributed by atoms with Crippen molar-refractivity contribution in [3.8, 4) is 17.2 Å². The normalized spacial score (nSPS) is 13.2. The second-order valence-electron chi connectivity index (χ2n) is 6.76. The number of oxazole rings is 1. The molecule has 1 aliphatic rings. The number of nitrogens with zero attached hydrogens (tertiary/aromatic N) is 2. The average Bonchev–Trinajstić information content (AvgIpc) is 3.51. The van der Waals surface area contributed by atoms with Gasteiger partial charge in [0.2, 0.25) is 11.5 Å². The van der Waals surface area contributed by atoms with Crippen LogP contribution in [0.15, 0.2) is 28.7 Å². The van der Waals surface area contributed by atoms with Gasteiger partial charge in [0.1, 0.15) is 11.1 Å². The first-order valence-corrected chi connectivity index (χ1v) is 9.16. The Hall–Kier alpha value is -3.82. The molecule has 0 bridgehead atoms. The minimum atomic E-state index is -0.703. The molecule has 10 heteroatoms. The largest absolute Gasteiger partial charge is 0.493 e. The molecule has 1 amide bonds. The van der Waals surface area contributed by atoms with Crippen LogP contribution in [0.5, 0.6) is 17.2 Å². The number of hydrogen-bond donors (Lipinski definition) is 1. The summed E-state index contributed by atoms with van der Waals surface area (Å²) in [4.78, 5) is 28.4. The number of nitrogens with one attached hydrogen (secondary N) is 1. The number of amides is 1. The van der Waals surface area contributed by atoms with Crippen molar-refractivity contribution in [1.82, 2.24) is 4.98 Å². The van der Waals surface area contributed by atoms with E-state index in [9.17, 15) is 14.9 Å². The van der Waals surface area contributed by atoms with Crippen LogP contribution < -0.4 is 19.5 Å². The highest BCUT2D eigenvalue weighted by Crippen LogP contribution is 2.46. The van der Waals surface area contributed by atoms with Gasteiger partial charge in [0.05, 0.1) is 26.3 Å². The summed E-state index contributed by atoms with van der Waals surface area (Å²) in [5.41, 5.74) is 0.897. The lowest BCUT2D eigenvalue weighted by atomic mass is 10.1. The number of nitro groups is 1. The maximum Gasteiger partial charge on any atom is 0.327 e. The molecule has 30 heavy (non-hydrogen) atoms. The van der Waals surface area contributed by atoms with Crippen LogP contribution in [0.2, 0.25) is 0 Å². The Kier molecular flexibility index (Phi) is 4.90. The molecule has 1 heterocycles. The van der Waals surface area contributed by atoms with E-state index in [0.29, 0.717) is 28.6 Å². The first-order valence-electron chi connectivity index (χ1n) is 9.16. The third-order valence-corrected chi connectivity index (χ3v) is 4.82. The van der Waals surface area contributed by atoms with Crippen molar-refractivity contribution in [2.24, 2.45) is 0 Å². The summed E-state index contributed by atoms with van der Waals surface area (Å²) in [5.74, 6) is 0.302. The molecule has 2 aromatic carbocycles. The van der Waals surface area contributed by atoms with Crippen LogP contribution in [0, 0.1) is 10.1 Å². The number of hydrogen-bond acceptors (Lipinski definition) is 8. The molecule has 1 aliphatic carbocycles. The first-order chi connectivity index (χ1) is 14.5. The Bertz CT molecular complexity index is 1150. The Labute approximate surface area is 170 Å². The molecule has 1 aromatic heterocycles. The van der Waals surface area contributed by atoms with E-state index >= 15 is 0 Å². The van der Waals surface area contributed by atoms with E-state index in [1.54, 1.807) is 18.2 Å². The van der Waals surface area contributed by atoms with Crippen LogP contribution in [0.25, 0.3) is 11.1 Å². The zero-order chi connectivity index (χ0) is 21.4. The summed E-state index contributed by atoms with van der Waals surface area (Å²) < 4.78 is 21.3. The summed E-state index contributed by atoms with van der Waals surface area (Å²) >= 11 is 0. The van der Waals surface area contributed by atoms with E-state index in [1.807, 2.05) is 0 Å². The molecular formula is C20H19N3O7. The molecule has 156 valence electrons. The molecule has 1 N–H and O–H groups in total. The molecule has 0 atom stereocenters. The lowest BCUT2D eigenvalue weighted by molar-refractivity contribution is -0.386. The van der Waals surface area contributed by atoms with Gasteiger partial charge in [-0.2, -0.15) is 0 Å². The van der Waals surface area contributed by atoms with E-state index in [4.69, 9.17) is 18.6 Å². The summed E-state index contributed by atoms with van der Waals surface area (Å²) in [5, 5.41) is 14.4. The van der Waals surface area contributed by atoms with Crippen molar-refractivity contribution in [2.75, 3.05) is 26.6 Å². The molecule has 0 aliphatic heterocycles. The third kappa shape index (κ3) is 3.36. The molecule has 0 saturated heterocycles. The monoisotopic (exact) mass is 413 g/mol. The number of methoxy groups -OCH3 is 3. The smallest absolute Gasteiger partial charge is 0.327 e. The molecule has 1 fully saturated rings. The van der Waals surface area contributed by atoms with E-state index in [-0.39, 0.29) is 22.8 Å². The van der Waals surface area contributed by atoms with Crippen molar-refractivity contribution in [1.29, 1.82) is 0 Å². The van der Waals surface area contributed by atoms with Crippen molar-refractivity contribution < 1.29 is 28.3 Å². The van der Waals surface area contributed by atoms with Gasteiger partial charge in [-0.25, -0.2) is 4.98 Å². The molecule has 1 saturated carbocycles. The minimum absolute atomic E-state index is 0.0277. The topological polar surface area (TPSA) is 126 Å². The molecule has 0 radical (unpaired) electrons. The van der Waals surface area contributed by atoms with Crippen molar-refractivity contribution in [2.45, 2.75) is 18.8 Å². The van der Waals surface area contributed by atoms with Gasteiger partial charge < -0.3 is 23.9 Å². The molecule has 0 spiro atoms. The highest BCUT2D eigenvalue weighted by Gasteiger charge is 2.33. The Morgan fingerprint density at radius 2 is 1.90 bits per heavy atom. The van der Waals surface area contributed by atoms with Crippen molar-refractivity contribution in [3.05, 3.63) is 45.8 Å². The van der Waals surface area contributed by atoms with Crippen LogP contribution in [0.3, 0.4) is 0 Å². The SMILES string of the molecule is COc1cc(C(=O)Nc2ccc3oc(C4CC4)nc3c2)c([N+](=O)[O-])c(OC)c1OC. The zero-order valence-corrected chi connectivity index (χ0v) is 16.6. The Balaban J connectivity index is 1.71. The average molecular weight is 413 g/mol. The van der Waals surface area contributed by atoms with Gasteiger partial charge in [-0.15, -0.1) is 0 Å². The molecule has 4 rings (SSSR count). The van der Waals surface area contributed by atoms with Gasteiger partial charge in [0.15, 0.2) is 17.2 Å². The first kappa shape index (κ1) is 19.5.